The summed E-state index contributed by atoms with van der Waals surface area (Å²) < 4.78 is 0. The Morgan fingerprint density at radius 3 is 1.94 bits per heavy atom. The molecule has 482 valence electrons. The van der Waals surface area contributed by atoms with Crippen LogP contribution in [0.4, 0.5) is 5.82 Å². The lowest BCUT2D eigenvalue weighted by Gasteiger charge is -2.34. The molecule has 0 aliphatic carbocycles. The zero-order valence-corrected chi connectivity index (χ0v) is 57.4. The molecule has 14 heteroatoms. The topological polar surface area (TPSA) is 161 Å². The summed E-state index contributed by atoms with van der Waals surface area (Å²) >= 11 is 0. The molecule has 5 rings (SSSR count). The number of aldehydes is 3. The summed E-state index contributed by atoms with van der Waals surface area (Å²) in [7, 11) is 7.65. The van der Waals surface area contributed by atoms with E-state index in [1.54, 1.807) is 14.0 Å². The monoisotopic (exact) mass is 1180 g/mol. The van der Waals surface area contributed by atoms with Gasteiger partial charge in [-0.05, 0) is 168 Å². The van der Waals surface area contributed by atoms with Crippen molar-refractivity contribution in [2.24, 2.45) is 16.8 Å². The van der Waals surface area contributed by atoms with Gasteiger partial charge in [-0.15, -0.1) is 6.58 Å². The Labute approximate surface area is 520 Å². The molecular weight excluding hydrogens is 1060 g/mol. The summed E-state index contributed by atoms with van der Waals surface area (Å²) in [6.07, 6.45) is 19.6. The first kappa shape index (κ1) is 83.7. The number of carbonyl (C=O) groups is 5. The molecule has 3 aromatic rings. The summed E-state index contributed by atoms with van der Waals surface area (Å²) in [4.78, 5) is 75.1. The average molecular weight is 1180 g/mol. The van der Waals surface area contributed by atoms with Gasteiger partial charge < -0.3 is 39.7 Å². The first-order chi connectivity index (χ1) is 40.7. The molecule has 85 heavy (non-hydrogen) atoms. The molecule has 0 spiro atoms. The van der Waals surface area contributed by atoms with E-state index in [9.17, 15) is 19.2 Å². The number of ketones is 1. The number of piperazine rings is 1. The highest BCUT2D eigenvalue weighted by atomic mass is 16.2. The second-order valence-electron chi connectivity index (χ2n) is 21.7. The van der Waals surface area contributed by atoms with Crippen LogP contribution in [0.5, 0.6) is 0 Å². The van der Waals surface area contributed by atoms with Crippen molar-refractivity contribution in [1.29, 1.82) is 0 Å². The Bertz CT molecular complexity index is 2290. The summed E-state index contributed by atoms with van der Waals surface area (Å²) in [5.41, 5.74) is 10.8. The van der Waals surface area contributed by atoms with Crippen molar-refractivity contribution < 1.29 is 24.0 Å². The number of nitrogens with zero attached hydrogens (tertiary/aromatic N) is 7. The predicted octanol–water partition coefficient (Wildman–Crippen LogP) is 14.0. The van der Waals surface area contributed by atoms with Crippen molar-refractivity contribution in [3.05, 3.63) is 107 Å². The molecule has 4 heterocycles. The average Bonchev–Trinajstić information content (AvgIpc) is 3.71. The van der Waals surface area contributed by atoms with Crippen LogP contribution < -0.4 is 15.5 Å². The molecule has 2 aliphatic rings. The molecule has 3 atom stereocenters. The van der Waals surface area contributed by atoms with Gasteiger partial charge in [0.15, 0.2) is 5.78 Å². The van der Waals surface area contributed by atoms with Crippen LogP contribution in [0.25, 0.3) is 5.57 Å². The molecule has 2 N–H and O–H groups in total. The fraction of sp³-hybridized carbons (Fsp3) is 0.634. The van der Waals surface area contributed by atoms with Gasteiger partial charge in [-0.2, -0.15) is 0 Å². The number of nitrogens with one attached hydrogen (secondary N) is 2. The fourth-order valence-corrected chi connectivity index (χ4v) is 9.70. The quantitative estimate of drug-likeness (QED) is 0.0258. The minimum Gasteiger partial charge on any atom is -0.359 e. The molecule has 0 saturated carbocycles. The number of hydrogen-bond acceptors (Lipinski definition) is 13. The number of unbranched alkanes of at least 4 members (excludes halogenated alkanes) is 4. The van der Waals surface area contributed by atoms with Crippen LogP contribution in [0.2, 0.25) is 0 Å². The van der Waals surface area contributed by atoms with Gasteiger partial charge in [0.2, 0.25) is 5.91 Å². The molecule has 3 unspecified atom stereocenters. The van der Waals surface area contributed by atoms with Crippen LogP contribution in [-0.2, 0) is 32.1 Å². The highest BCUT2D eigenvalue weighted by Gasteiger charge is 2.24. The van der Waals surface area contributed by atoms with E-state index in [-0.39, 0.29) is 17.6 Å². The third-order valence-corrected chi connectivity index (χ3v) is 14.3. The zero-order chi connectivity index (χ0) is 65.1. The van der Waals surface area contributed by atoms with Crippen LogP contribution in [0.1, 0.15) is 210 Å². The Kier molecular flexibility index (Phi) is 53.1. The molecule has 2 saturated heterocycles. The number of aromatic nitrogens is 2. The Hall–Kier alpha value is -5.54. The molecule has 2 aliphatic heterocycles. The molecule has 1 aromatic carbocycles. The molecule has 2 fully saturated rings. The summed E-state index contributed by atoms with van der Waals surface area (Å²) in [5, 5.41) is 5.66. The number of hydrogen-bond donors (Lipinski definition) is 2. The Morgan fingerprint density at radius 1 is 0.859 bits per heavy atom. The summed E-state index contributed by atoms with van der Waals surface area (Å²) in [6, 6.07) is 14.7. The van der Waals surface area contributed by atoms with E-state index in [0.717, 1.165) is 123 Å². The number of anilines is 1. The van der Waals surface area contributed by atoms with Gasteiger partial charge in [0, 0.05) is 88.9 Å². The lowest BCUT2D eigenvalue weighted by molar-refractivity contribution is -0.124. The maximum atomic E-state index is 11.4. The van der Waals surface area contributed by atoms with Crippen LogP contribution >= 0.6 is 0 Å². The van der Waals surface area contributed by atoms with Crippen molar-refractivity contribution in [1.82, 2.24) is 35.3 Å². The first-order valence-electron chi connectivity index (χ1n) is 32.1. The number of pyridine rings is 2. The third-order valence-electron chi connectivity index (χ3n) is 14.3. The van der Waals surface area contributed by atoms with Crippen molar-refractivity contribution in [2.75, 3.05) is 92.0 Å². The van der Waals surface area contributed by atoms with E-state index in [4.69, 9.17) is 9.78 Å². The lowest BCUT2D eigenvalue weighted by Crippen LogP contribution is -2.47. The predicted molar refractivity (Wildman–Crippen MR) is 366 cm³/mol. The first-order valence-corrected chi connectivity index (χ1v) is 32.1. The highest BCUT2D eigenvalue weighted by Crippen LogP contribution is 2.28. The normalized spacial score (nSPS) is 14.2. The minimum absolute atomic E-state index is 0.00171. The molecular formula is C71H123N9O5. The van der Waals surface area contributed by atoms with Gasteiger partial charge in [0.05, 0.1) is 23.6 Å². The molecule has 2 aromatic heterocycles. The molecule has 14 nitrogen and oxygen atoms in total. The number of aliphatic imine (C=N–C) groups is 1. The van der Waals surface area contributed by atoms with E-state index in [0.29, 0.717) is 31.3 Å². The van der Waals surface area contributed by atoms with Gasteiger partial charge in [-0.1, -0.05) is 130 Å². The van der Waals surface area contributed by atoms with E-state index in [1.807, 2.05) is 98.1 Å². The van der Waals surface area contributed by atoms with Crippen molar-refractivity contribution >= 4 is 47.7 Å². The largest absolute Gasteiger partial charge is 0.359 e. The number of carbonyl (C=O) groups excluding carboxylic acids is 5. The number of rotatable bonds is 26. The van der Waals surface area contributed by atoms with E-state index in [2.05, 4.69) is 115 Å². The number of allylic oxidation sites excluding steroid dienone is 2. The maximum Gasteiger partial charge on any atom is 0.222 e. The van der Waals surface area contributed by atoms with Crippen molar-refractivity contribution in [3.63, 3.8) is 0 Å². The van der Waals surface area contributed by atoms with Gasteiger partial charge in [0.1, 0.15) is 24.7 Å². The standard InChI is InChI=1S/C24H41N5O.C13H18N2.C12H14O.C8H19N.C7H13NO2.C3H8.C2H4O.C2H6/c1-5-22-20(2)18-24(29-11-6-8-21(29)3)25-23(22)19-26(4)9-7-10-27-12-14-28(15-13-27)16-17-30;1-5-11(6-2)13(14-4)12-9-7-8-10(3)15-12;1-8(2)11-7-5-6-9(3)12(11)10(4)13;1-3-4-5-6-7-8-9-2;1-6(4-3-5-9)7(10)8-2;1-3-2;1-2-3;1-2/h17-18,21H,5-16,19H2,1-4H3;5,7-9,11H,1,6H2,2-4H3;5-7H,1H2,2-4H3;9H,3-8H2,1-2H3;5-6H,3-4H2,1-2H3,(H,8,10);3H2,1-2H3;2H,1H3;1-2H3. The van der Waals surface area contributed by atoms with Crippen molar-refractivity contribution in [2.45, 2.75) is 200 Å². The second-order valence-corrected chi connectivity index (χ2v) is 21.7. The van der Waals surface area contributed by atoms with Crippen LogP contribution in [-0.4, -0.2) is 154 Å². The summed E-state index contributed by atoms with van der Waals surface area (Å²) in [6.45, 7) is 48.1. The highest BCUT2D eigenvalue weighted by molar-refractivity contribution is 6.01. The van der Waals surface area contributed by atoms with E-state index < -0.39 is 0 Å². The number of amides is 1. The van der Waals surface area contributed by atoms with Crippen molar-refractivity contribution in [3.8, 4) is 0 Å². The molecule has 0 bridgehead atoms. The number of Topliss-reactive ketones (excluding diaryl/α,β-unsaturated/α-hetero) is 1. The van der Waals surface area contributed by atoms with Gasteiger partial charge in [-0.3, -0.25) is 24.5 Å². The zero-order valence-electron chi connectivity index (χ0n) is 57.4. The van der Waals surface area contributed by atoms with E-state index in [1.165, 1.54) is 93.9 Å². The fourth-order valence-electron chi connectivity index (χ4n) is 9.70. The van der Waals surface area contributed by atoms with E-state index >= 15 is 0 Å². The SMILES string of the molecule is C=C(C)c1cccc(C)c1C(C)=O.C=CC(CC)C(=NC)c1cccc(C)n1.CC.CC=O.CCC.CCCCCCCNC.CCc1c(C)cc(N2CCCC2C)nc1CN(C)CCCN1CCN(CC=O)CC1.CNC(=O)C(C)CCC=O. The maximum absolute atomic E-state index is 11.4. The van der Waals surface area contributed by atoms with Gasteiger partial charge >= 0.3 is 0 Å². The third kappa shape index (κ3) is 36.9. The van der Waals surface area contributed by atoms with Crippen LogP contribution in [0.3, 0.4) is 0 Å². The molecule has 1 amide bonds. The summed E-state index contributed by atoms with van der Waals surface area (Å²) in [5.74, 6) is 1.53. The lowest BCUT2D eigenvalue weighted by atomic mass is 9.95. The number of benzene rings is 1. The molecule has 0 radical (unpaired) electrons. The van der Waals surface area contributed by atoms with Crippen LogP contribution in [0.15, 0.2) is 66.7 Å². The van der Waals surface area contributed by atoms with Crippen LogP contribution in [0, 0.1) is 32.6 Å². The second kappa shape index (κ2) is 53.9. The Morgan fingerprint density at radius 2 is 1.47 bits per heavy atom. The Balaban J connectivity index is -0.00000104. The van der Waals surface area contributed by atoms with Gasteiger partial charge in [-0.25, -0.2) is 4.98 Å². The van der Waals surface area contributed by atoms with Gasteiger partial charge in [0.25, 0.3) is 0 Å². The number of aryl methyl sites for hydroxylation is 3. The minimum atomic E-state index is -0.0461. The smallest absolute Gasteiger partial charge is 0.222 e.